The van der Waals surface area contributed by atoms with E-state index in [1.807, 2.05) is 13.8 Å². The molecular formula is C13H21N5O2. The van der Waals surface area contributed by atoms with Gasteiger partial charge in [-0.25, -0.2) is 4.98 Å². The molecule has 0 spiro atoms. The van der Waals surface area contributed by atoms with E-state index in [9.17, 15) is 9.59 Å². The first-order valence-corrected chi connectivity index (χ1v) is 6.89. The Labute approximate surface area is 118 Å². The smallest absolute Gasteiger partial charge is 0.246 e. The van der Waals surface area contributed by atoms with Crippen LogP contribution in [0.3, 0.4) is 0 Å². The van der Waals surface area contributed by atoms with E-state index >= 15 is 0 Å². The first-order valence-electron chi connectivity index (χ1n) is 6.89. The second-order valence-electron chi connectivity index (χ2n) is 5.31. The highest BCUT2D eigenvalue weighted by atomic mass is 16.2. The van der Waals surface area contributed by atoms with Crippen molar-refractivity contribution in [1.29, 1.82) is 0 Å². The molecule has 0 aliphatic carbocycles. The molecule has 0 bridgehead atoms. The highest BCUT2D eigenvalue weighted by Gasteiger charge is 2.40. The molecule has 1 aromatic rings. The highest BCUT2D eigenvalue weighted by Crippen LogP contribution is 2.19. The molecule has 1 aromatic heterocycles. The number of rotatable bonds is 4. The van der Waals surface area contributed by atoms with Crippen molar-refractivity contribution in [2.75, 3.05) is 0 Å². The molecule has 1 aliphatic heterocycles. The van der Waals surface area contributed by atoms with Gasteiger partial charge in [0.1, 0.15) is 24.2 Å². The van der Waals surface area contributed by atoms with Crippen LogP contribution in [-0.4, -0.2) is 43.6 Å². The first-order chi connectivity index (χ1) is 9.45. The number of aromatic nitrogens is 3. The molecule has 1 fully saturated rings. The van der Waals surface area contributed by atoms with Gasteiger partial charge in [0.25, 0.3) is 0 Å². The average Bonchev–Trinajstić information content (AvgIpc) is 2.83. The SMILES string of the molecule is CCC(C)C1NC(=O)C(C)N(Cc2ncnn2C)C1=O. The van der Waals surface area contributed by atoms with E-state index in [1.165, 1.54) is 6.33 Å². The number of carbonyl (C=O) groups is 2. The number of hydrogen-bond donors (Lipinski definition) is 1. The average molecular weight is 279 g/mol. The van der Waals surface area contributed by atoms with Crippen LogP contribution in [0.1, 0.15) is 33.0 Å². The summed E-state index contributed by atoms with van der Waals surface area (Å²) in [6.45, 7) is 6.02. The summed E-state index contributed by atoms with van der Waals surface area (Å²) < 4.78 is 1.62. The fourth-order valence-corrected chi connectivity index (χ4v) is 2.30. The Morgan fingerprint density at radius 2 is 2.15 bits per heavy atom. The van der Waals surface area contributed by atoms with Crippen LogP contribution in [0, 0.1) is 5.92 Å². The Kier molecular flexibility index (Phi) is 4.06. The van der Waals surface area contributed by atoms with E-state index in [0.717, 1.165) is 6.42 Å². The molecule has 1 saturated heterocycles. The number of nitrogens with one attached hydrogen (secondary N) is 1. The fourth-order valence-electron chi connectivity index (χ4n) is 2.30. The minimum absolute atomic E-state index is 0.0468. The minimum atomic E-state index is -0.487. The van der Waals surface area contributed by atoms with Gasteiger partial charge in [0, 0.05) is 7.05 Å². The maximum atomic E-state index is 12.6. The van der Waals surface area contributed by atoms with Crippen molar-refractivity contribution in [2.24, 2.45) is 13.0 Å². The van der Waals surface area contributed by atoms with Crippen molar-refractivity contribution < 1.29 is 9.59 Å². The number of amides is 2. The lowest BCUT2D eigenvalue weighted by Gasteiger charge is -2.39. The number of hydrogen-bond acceptors (Lipinski definition) is 4. The van der Waals surface area contributed by atoms with Crippen LogP contribution in [0.25, 0.3) is 0 Å². The molecule has 0 saturated carbocycles. The van der Waals surface area contributed by atoms with E-state index in [4.69, 9.17) is 0 Å². The predicted molar refractivity (Wildman–Crippen MR) is 72.4 cm³/mol. The van der Waals surface area contributed by atoms with Crippen LogP contribution in [0.4, 0.5) is 0 Å². The third-order valence-electron chi connectivity index (χ3n) is 4.02. The Morgan fingerprint density at radius 1 is 1.45 bits per heavy atom. The van der Waals surface area contributed by atoms with Gasteiger partial charge >= 0.3 is 0 Å². The van der Waals surface area contributed by atoms with Crippen LogP contribution in [-0.2, 0) is 23.2 Å². The van der Waals surface area contributed by atoms with Gasteiger partial charge in [0.15, 0.2) is 0 Å². The van der Waals surface area contributed by atoms with Crippen LogP contribution >= 0.6 is 0 Å². The van der Waals surface area contributed by atoms with Crippen LogP contribution in [0.2, 0.25) is 0 Å². The van der Waals surface area contributed by atoms with Crippen molar-refractivity contribution >= 4 is 11.8 Å². The van der Waals surface area contributed by atoms with Gasteiger partial charge < -0.3 is 10.2 Å². The maximum absolute atomic E-state index is 12.6. The number of carbonyl (C=O) groups excluding carboxylic acids is 2. The van der Waals surface area contributed by atoms with Crippen molar-refractivity contribution in [2.45, 2.75) is 45.8 Å². The molecule has 3 atom stereocenters. The second kappa shape index (κ2) is 5.60. The Hall–Kier alpha value is -1.92. The highest BCUT2D eigenvalue weighted by molar-refractivity contribution is 5.96. The van der Waals surface area contributed by atoms with Crippen molar-refractivity contribution in [3.8, 4) is 0 Å². The summed E-state index contributed by atoms with van der Waals surface area (Å²) in [7, 11) is 1.77. The molecule has 2 heterocycles. The molecular weight excluding hydrogens is 258 g/mol. The summed E-state index contributed by atoms with van der Waals surface area (Å²) in [5, 5.41) is 6.81. The Bertz CT molecular complexity index is 513. The fraction of sp³-hybridized carbons (Fsp3) is 0.692. The minimum Gasteiger partial charge on any atom is -0.342 e. The second-order valence-corrected chi connectivity index (χ2v) is 5.31. The van der Waals surface area contributed by atoms with Gasteiger partial charge in [0.2, 0.25) is 11.8 Å². The molecule has 7 heteroatoms. The quantitative estimate of drug-likeness (QED) is 0.846. The van der Waals surface area contributed by atoms with Gasteiger partial charge in [-0.1, -0.05) is 20.3 Å². The molecule has 2 rings (SSSR count). The van der Waals surface area contributed by atoms with Gasteiger partial charge in [-0.15, -0.1) is 0 Å². The molecule has 2 amide bonds. The normalized spacial score (nSPS) is 24.7. The maximum Gasteiger partial charge on any atom is 0.246 e. The third kappa shape index (κ3) is 2.52. The lowest BCUT2D eigenvalue weighted by molar-refractivity contribution is -0.151. The summed E-state index contributed by atoms with van der Waals surface area (Å²) in [4.78, 5) is 30.3. The lowest BCUT2D eigenvalue weighted by atomic mass is 9.94. The lowest BCUT2D eigenvalue weighted by Crippen LogP contribution is -2.63. The van der Waals surface area contributed by atoms with E-state index < -0.39 is 12.1 Å². The van der Waals surface area contributed by atoms with Crippen molar-refractivity contribution in [3.63, 3.8) is 0 Å². The number of aryl methyl sites for hydroxylation is 1. The topological polar surface area (TPSA) is 80.1 Å². The molecule has 1 N–H and O–H groups in total. The zero-order chi connectivity index (χ0) is 14.9. The molecule has 0 radical (unpaired) electrons. The molecule has 3 unspecified atom stereocenters. The predicted octanol–water partition coefficient (Wildman–Crippen LogP) is 0.0767. The Balaban J connectivity index is 2.22. The van der Waals surface area contributed by atoms with E-state index in [0.29, 0.717) is 12.4 Å². The summed E-state index contributed by atoms with van der Waals surface area (Å²) in [5.74, 6) is 0.621. The zero-order valence-corrected chi connectivity index (χ0v) is 12.3. The summed E-state index contributed by atoms with van der Waals surface area (Å²) in [6.07, 6.45) is 2.28. The number of nitrogens with zero attached hydrogens (tertiary/aromatic N) is 4. The van der Waals surface area contributed by atoms with Crippen LogP contribution in [0.5, 0.6) is 0 Å². The van der Waals surface area contributed by atoms with Crippen LogP contribution < -0.4 is 5.32 Å². The summed E-state index contributed by atoms with van der Waals surface area (Å²) in [6, 6.07) is -0.934. The molecule has 7 nitrogen and oxygen atoms in total. The number of piperazine rings is 1. The van der Waals surface area contributed by atoms with Gasteiger partial charge in [-0.3, -0.25) is 14.3 Å². The summed E-state index contributed by atoms with van der Waals surface area (Å²) in [5.41, 5.74) is 0. The largest absolute Gasteiger partial charge is 0.342 e. The van der Waals surface area contributed by atoms with E-state index in [2.05, 4.69) is 15.4 Å². The summed E-state index contributed by atoms with van der Waals surface area (Å²) >= 11 is 0. The van der Waals surface area contributed by atoms with Crippen molar-refractivity contribution in [3.05, 3.63) is 12.2 Å². The zero-order valence-electron chi connectivity index (χ0n) is 12.3. The van der Waals surface area contributed by atoms with Gasteiger partial charge in [-0.05, 0) is 12.8 Å². The first kappa shape index (κ1) is 14.5. The van der Waals surface area contributed by atoms with Gasteiger partial charge in [0.05, 0.1) is 6.54 Å². The van der Waals surface area contributed by atoms with Crippen molar-refractivity contribution in [1.82, 2.24) is 25.0 Å². The molecule has 20 heavy (non-hydrogen) atoms. The van der Waals surface area contributed by atoms with E-state index in [-0.39, 0.29) is 17.7 Å². The van der Waals surface area contributed by atoms with E-state index in [1.54, 1.807) is 23.6 Å². The Morgan fingerprint density at radius 3 is 2.70 bits per heavy atom. The standard InChI is InChI=1S/C13H21N5O2/c1-5-8(2)11-13(20)18(9(3)12(19)16-11)6-10-14-7-15-17(10)4/h7-9,11H,5-6H2,1-4H3,(H,16,19). The molecule has 0 aromatic carbocycles. The van der Waals surface area contributed by atoms with Crippen LogP contribution in [0.15, 0.2) is 6.33 Å². The molecule has 1 aliphatic rings. The monoisotopic (exact) mass is 279 g/mol. The molecule has 110 valence electrons. The van der Waals surface area contributed by atoms with Gasteiger partial charge in [-0.2, -0.15) is 5.10 Å². The third-order valence-corrected chi connectivity index (χ3v) is 4.02.